The highest BCUT2D eigenvalue weighted by molar-refractivity contribution is 5.33. The SMILES string of the molecule is CC(C1CCCC(N=C=O)C1)n1c(=O)n(C(CCN=C=O)C2CCCCC2)c(=O)n(C(CCN=C=O)C2CCCCC2)c1=O. The number of aromatic nitrogens is 3. The Balaban J connectivity index is 1.94. The molecule has 1 heterocycles. The molecule has 1 aromatic heterocycles. The minimum absolute atomic E-state index is 0.0273. The molecule has 5 atom stereocenters. The molecule has 3 aliphatic rings. The predicted molar refractivity (Wildman–Crippen MR) is 164 cm³/mol. The smallest absolute Gasteiger partial charge is 0.247 e. The van der Waals surface area contributed by atoms with Crippen LogP contribution in [0.5, 0.6) is 0 Å². The van der Waals surface area contributed by atoms with E-state index in [1.807, 2.05) is 6.92 Å². The van der Waals surface area contributed by atoms with Gasteiger partial charge in [0.1, 0.15) is 0 Å². The van der Waals surface area contributed by atoms with Crippen LogP contribution >= 0.6 is 0 Å². The summed E-state index contributed by atoms with van der Waals surface area (Å²) >= 11 is 0. The zero-order valence-corrected chi connectivity index (χ0v) is 25.9. The molecule has 0 aromatic carbocycles. The normalized spacial score (nSPS) is 23.4. The Bertz CT molecular complexity index is 1350. The molecule has 3 aliphatic carbocycles. The lowest BCUT2D eigenvalue weighted by Gasteiger charge is -2.36. The van der Waals surface area contributed by atoms with Gasteiger partial charge in [0.2, 0.25) is 18.2 Å². The fraction of sp³-hybridized carbons (Fsp3) is 0.812. The van der Waals surface area contributed by atoms with E-state index in [0.29, 0.717) is 19.3 Å². The topological polar surface area (TPSA) is 154 Å². The standard InChI is InChI=1S/C32H46N6O6/c1-23(26-13-8-14-27(19-26)35-22-41)36-30(42)37(28(15-17-33-20-39)24-9-4-2-5-10-24)32(44)38(31(36)43)29(16-18-34-21-40)25-11-6-3-7-12-25/h23-29H,2-19H2,1H3. The highest BCUT2D eigenvalue weighted by Gasteiger charge is 2.36. The van der Waals surface area contributed by atoms with Crippen LogP contribution in [-0.4, -0.2) is 51.1 Å². The van der Waals surface area contributed by atoms with Crippen molar-refractivity contribution in [1.29, 1.82) is 0 Å². The number of hydrogen-bond acceptors (Lipinski definition) is 9. The number of rotatable bonds is 13. The Kier molecular flexibility index (Phi) is 12.6. The van der Waals surface area contributed by atoms with Crippen LogP contribution in [-0.2, 0) is 14.4 Å². The van der Waals surface area contributed by atoms with Crippen LogP contribution in [0.2, 0.25) is 0 Å². The van der Waals surface area contributed by atoms with E-state index < -0.39 is 35.2 Å². The monoisotopic (exact) mass is 610 g/mol. The van der Waals surface area contributed by atoms with Crippen LogP contribution < -0.4 is 17.1 Å². The van der Waals surface area contributed by atoms with Gasteiger partial charge in [-0.05, 0) is 82.5 Å². The van der Waals surface area contributed by atoms with Crippen molar-refractivity contribution in [3.8, 4) is 0 Å². The first-order valence-electron chi connectivity index (χ1n) is 16.6. The van der Waals surface area contributed by atoms with Crippen molar-refractivity contribution >= 4 is 18.2 Å². The molecule has 0 N–H and O–H groups in total. The summed E-state index contributed by atoms with van der Waals surface area (Å²) in [6.45, 7) is 2.09. The lowest BCUT2D eigenvalue weighted by atomic mass is 9.81. The van der Waals surface area contributed by atoms with Crippen LogP contribution in [0.1, 0.15) is 128 Å². The minimum atomic E-state index is -0.635. The van der Waals surface area contributed by atoms with Gasteiger partial charge in [-0.25, -0.2) is 57.4 Å². The third-order valence-corrected chi connectivity index (χ3v) is 10.5. The van der Waals surface area contributed by atoms with Crippen molar-refractivity contribution in [3.05, 3.63) is 31.5 Å². The van der Waals surface area contributed by atoms with E-state index in [0.717, 1.165) is 83.5 Å². The van der Waals surface area contributed by atoms with Gasteiger partial charge in [-0.15, -0.1) is 0 Å². The quantitative estimate of drug-likeness (QED) is 0.239. The van der Waals surface area contributed by atoms with Gasteiger partial charge in [-0.3, -0.25) is 0 Å². The molecule has 1 aromatic rings. The summed E-state index contributed by atoms with van der Waals surface area (Å²) in [5, 5.41) is 0. The van der Waals surface area contributed by atoms with Gasteiger partial charge in [0.25, 0.3) is 0 Å². The van der Waals surface area contributed by atoms with Crippen molar-refractivity contribution in [2.75, 3.05) is 13.1 Å². The van der Waals surface area contributed by atoms with Gasteiger partial charge >= 0.3 is 17.1 Å². The van der Waals surface area contributed by atoms with Crippen LogP contribution in [0.15, 0.2) is 29.4 Å². The van der Waals surface area contributed by atoms with Crippen molar-refractivity contribution in [2.24, 2.45) is 32.7 Å². The molecule has 3 saturated carbocycles. The highest BCUT2D eigenvalue weighted by atomic mass is 16.2. The molecule has 4 rings (SSSR count). The lowest BCUT2D eigenvalue weighted by molar-refractivity contribution is 0.175. The number of hydrogen-bond donors (Lipinski definition) is 0. The number of isocyanates is 3. The Morgan fingerprint density at radius 1 is 0.614 bits per heavy atom. The van der Waals surface area contributed by atoms with Gasteiger partial charge in [0.15, 0.2) is 0 Å². The second kappa shape index (κ2) is 16.6. The largest absolute Gasteiger partial charge is 0.336 e. The molecular formula is C32H46N6O6. The summed E-state index contributed by atoms with van der Waals surface area (Å²) in [4.78, 5) is 88.0. The maximum atomic E-state index is 14.6. The maximum Gasteiger partial charge on any atom is 0.336 e. The van der Waals surface area contributed by atoms with Gasteiger partial charge in [0.05, 0.1) is 19.1 Å². The summed E-state index contributed by atoms with van der Waals surface area (Å²) < 4.78 is 3.84. The first kappa shape index (κ1) is 33.4. The van der Waals surface area contributed by atoms with Crippen molar-refractivity contribution < 1.29 is 14.4 Å². The van der Waals surface area contributed by atoms with E-state index in [1.54, 1.807) is 18.2 Å². The van der Waals surface area contributed by atoms with Crippen LogP contribution in [0.4, 0.5) is 0 Å². The third kappa shape index (κ3) is 7.79. The van der Waals surface area contributed by atoms with Crippen LogP contribution in [0.3, 0.4) is 0 Å². The summed E-state index contributed by atoms with van der Waals surface area (Å²) in [6.07, 6.45) is 17.7. The van der Waals surface area contributed by atoms with E-state index in [1.165, 1.54) is 13.7 Å². The summed E-state index contributed by atoms with van der Waals surface area (Å²) in [5.41, 5.74) is -1.90. The Morgan fingerprint density at radius 2 is 1.07 bits per heavy atom. The average molecular weight is 611 g/mol. The summed E-state index contributed by atoms with van der Waals surface area (Å²) in [5.74, 6) is -0.0461. The van der Waals surface area contributed by atoms with Crippen molar-refractivity contribution in [1.82, 2.24) is 13.7 Å². The second-order valence-electron chi connectivity index (χ2n) is 13.0. The molecule has 0 spiro atoms. The number of aliphatic imine (C=N–C) groups is 3. The maximum absolute atomic E-state index is 14.6. The van der Waals surface area contributed by atoms with Gasteiger partial charge < -0.3 is 0 Å². The van der Waals surface area contributed by atoms with Crippen molar-refractivity contribution in [3.63, 3.8) is 0 Å². The highest BCUT2D eigenvalue weighted by Crippen LogP contribution is 2.37. The summed E-state index contributed by atoms with van der Waals surface area (Å²) in [6, 6.07) is -1.82. The van der Waals surface area contributed by atoms with Crippen molar-refractivity contribution in [2.45, 2.75) is 134 Å². The van der Waals surface area contributed by atoms with E-state index in [2.05, 4.69) is 15.0 Å². The fourth-order valence-electron chi connectivity index (χ4n) is 8.23. The first-order chi connectivity index (χ1) is 21.4. The predicted octanol–water partition coefficient (Wildman–Crippen LogP) is 4.32. The van der Waals surface area contributed by atoms with E-state index in [-0.39, 0.29) is 36.9 Å². The van der Waals surface area contributed by atoms with E-state index in [9.17, 15) is 28.8 Å². The molecule has 0 saturated heterocycles. The first-order valence-corrected chi connectivity index (χ1v) is 16.6. The average Bonchev–Trinajstić information content (AvgIpc) is 3.04. The zero-order valence-electron chi connectivity index (χ0n) is 25.9. The zero-order chi connectivity index (χ0) is 31.5. The van der Waals surface area contributed by atoms with Gasteiger partial charge in [0, 0.05) is 18.1 Å². The molecule has 0 aliphatic heterocycles. The molecule has 240 valence electrons. The Labute approximate surface area is 257 Å². The summed E-state index contributed by atoms with van der Waals surface area (Å²) in [7, 11) is 0. The van der Waals surface area contributed by atoms with Gasteiger partial charge in [-0.1, -0.05) is 44.9 Å². The lowest BCUT2D eigenvalue weighted by Crippen LogP contribution is -2.59. The molecule has 5 unspecified atom stereocenters. The molecule has 12 nitrogen and oxygen atoms in total. The minimum Gasteiger partial charge on any atom is -0.247 e. The molecular weight excluding hydrogens is 564 g/mol. The van der Waals surface area contributed by atoms with Crippen LogP contribution in [0.25, 0.3) is 0 Å². The molecule has 44 heavy (non-hydrogen) atoms. The molecule has 0 amide bonds. The Morgan fingerprint density at radius 3 is 1.52 bits per heavy atom. The van der Waals surface area contributed by atoms with Gasteiger partial charge in [-0.2, -0.15) is 0 Å². The Hall–Kier alpha value is -3.45. The number of carbonyl (C=O) groups excluding carboxylic acids is 3. The molecule has 0 bridgehead atoms. The molecule has 0 radical (unpaired) electrons. The third-order valence-electron chi connectivity index (χ3n) is 10.5. The van der Waals surface area contributed by atoms with E-state index >= 15 is 0 Å². The second-order valence-corrected chi connectivity index (χ2v) is 13.0. The molecule has 3 fully saturated rings. The number of nitrogens with zero attached hydrogens (tertiary/aromatic N) is 6. The van der Waals surface area contributed by atoms with E-state index in [4.69, 9.17) is 0 Å². The fourth-order valence-corrected chi connectivity index (χ4v) is 8.23. The molecule has 12 heteroatoms. The van der Waals surface area contributed by atoms with Crippen LogP contribution in [0, 0.1) is 17.8 Å².